The van der Waals surface area contributed by atoms with Crippen molar-refractivity contribution < 1.29 is 22.8 Å². The quantitative estimate of drug-likeness (QED) is 0.648. The van der Waals surface area contributed by atoms with Crippen molar-refractivity contribution in [3.63, 3.8) is 0 Å². The van der Waals surface area contributed by atoms with Gasteiger partial charge in [-0.05, 0) is 13.0 Å². The molecular weight excluding hydrogens is 345 g/mol. The van der Waals surface area contributed by atoms with Gasteiger partial charge in [0.1, 0.15) is 5.03 Å². The van der Waals surface area contributed by atoms with Crippen LogP contribution >= 0.6 is 11.8 Å². The minimum Gasteiger partial charge on any atom is -0.338 e. The Labute approximate surface area is 139 Å². The molecule has 1 heterocycles. The normalized spacial score (nSPS) is 11.3. The lowest BCUT2D eigenvalue weighted by Gasteiger charge is -2.10. The lowest BCUT2D eigenvalue weighted by Crippen LogP contribution is -2.40. The summed E-state index contributed by atoms with van der Waals surface area (Å²) in [5, 5.41) is 4.88. The number of nitrogens with zero attached hydrogens (tertiary/aromatic N) is 2. The number of para-hydroxylation sites is 1. The summed E-state index contributed by atoms with van der Waals surface area (Å²) in [7, 11) is 0. The summed E-state index contributed by atoms with van der Waals surface area (Å²) in [6.45, 7) is 2.03. The van der Waals surface area contributed by atoms with E-state index >= 15 is 0 Å². The van der Waals surface area contributed by atoms with Crippen molar-refractivity contribution in [2.45, 2.75) is 18.1 Å². The molecule has 0 saturated heterocycles. The van der Waals surface area contributed by atoms with Gasteiger partial charge in [0, 0.05) is 11.9 Å². The first kappa shape index (κ1) is 18.0. The average Bonchev–Trinajstić information content (AvgIpc) is 2.51. The molecule has 0 saturated carbocycles. The molecule has 1 aromatic carbocycles. The Bertz CT molecular complexity index is 767. The summed E-state index contributed by atoms with van der Waals surface area (Å²) >= 11 is 0.805. The maximum atomic E-state index is 12.9. The smallest absolute Gasteiger partial charge is 0.338 e. The Morgan fingerprint density at radius 3 is 2.58 bits per heavy atom. The maximum Gasteiger partial charge on any atom is 0.451 e. The Hall–Kier alpha value is -2.36. The van der Waals surface area contributed by atoms with Crippen LogP contribution in [0, 0.1) is 0 Å². The van der Waals surface area contributed by atoms with Crippen LogP contribution in [0.15, 0.2) is 29.3 Å². The zero-order chi connectivity index (χ0) is 17.7. The second kappa shape index (κ2) is 7.47. The number of nitrogens with one attached hydrogen (secondary N) is 2. The van der Waals surface area contributed by atoms with Crippen LogP contribution in [0.2, 0.25) is 0 Å². The van der Waals surface area contributed by atoms with E-state index in [1.165, 1.54) is 6.07 Å². The van der Waals surface area contributed by atoms with Gasteiger partial charge in [-0.1, -0.05) is 30.0 Å². The van der Waals surface area contributed by atoms with E-state index in [0.29, 0.717) is 11.9 Å². The van der Waals surface area contributed by atoms with Crippen LogP contribution < -0.4 is 10.6 Å². The zero-order valence-electron chi connectivity index (χ0n) is 12.5. The van der Waals surface area contributed by atoms with Crippen molar-refractivity contribution in [3.05, 3.63) is 30.1 Å². The molecule has 0 unspecified atom stereocenters. The molecule has 128 valence electrons. The molecule has 0 atom stereocenters. The number of benzene rings is 1. The number of imide groups is 1. The Kier molecular flexibility index (Phi) is 5.60. The Morgan fingerprint density at radius 1 is 1.21 bits per heavy atom. The molecule has 2 rings (SSSR count). The van der Waals surface area contributed by atoms with Crippen LogP contribution in [0.1, 0.15) is 12.7 Å². The molecule has 3 amide bonds. The first-order valence-electron chi connectivity index (χ1n) is 6.85. The van der Waals surface area contributed by atoms with E-state index in [4.69, 9.17) is 0 Å². The van der Waals surface area contributed by atoms with Crippen LogP contribution in [-0.4, -0.2) is 34.2 Å². The number of halogens is 3. The van der Waals surface area contributed by atoms with Crippen molar-refractivity contribution in [1.82, 2.24) is 20.6 Å². The van der Waals surface area contributed by atoms with Crippen LogP contribution in [0.3, 0.4) is 0 Å². The van der Waals surface area contributed by atoms with Crippen LogP contribution in [0.4, 0.5) is 18.0 Å². The maximum absolute atomic E-state index is 12.9. The van der Waals surface area contributed by atoms with Gasteiger partial charge in [0.05, 0.1) is 11.3 Å². The lowest BCUT2D eigenvalue weighted by molar-refractivity contribution is -0.145. The number of carbonyl (C=O) groups is 2. The topological polar surface area (TPSA) is 84.0 Å². The fraction of sp³-hybridized carbons (Fsp3) is 0.286. The Balaban J connectivity index is 2.21. The van der Waals surface area contributed by atoms with Gasteiger partial charge in [-0.25, -0.2) is 14.8 Å². The van der Waals surface area contributed by atoms with Gasteiger partial charge in [0.25, 0.3) is 0 Å². The highest BCUT2D eigenvalue weighted by atomic mass is 32.2. The molecular formula is C14H13F3N4O2S. The van der Waals surface area contributed by atoms with Crippen LogP contribution in [0.25, 0.3) is 10.9 Å². The van der Waals surface area contributed by atoms with E-state index in [2.05, 4.69) is 20.6 Å². The molecule has 0 aliphatic heterocycles. The first-order chi connectivity index (χ1) is 11.3. The molecule has 2 aromatic rings. The van der Waals surface area contributed by atoms with Crippen molar-refractivity contribution >= 4 is 34.6 Å². The summed E-state index contributed by atoms with van der Waals surface area (Å²) in [6.07, 6.45) is -4.69. The van der Waals surface area contributed by atoms with Crippen molar-refractivity contribution in [1.29, 1.82) is 0 Å². The van der Waals surface area contributed by atoms with Gasteiger partial charge >= 0.3 is 12.2 Å². The highest BCUT2D eigenvalue weighted by Gasteiger charge is 2.35. The number of fused-ring (bicyclic) bond motifs is 1. The minimum atomic E-state index is -4.69. The van der Waals surface area contributed by atoms with Gasteiger partial charge in [-0.3, -0.25) is 10.1 Å². The summed E-state index contributed by atoms with van der Waals surface area (Å²) < 4.78 is 38.7. The highest BCUT2D eigenvalue weighted by molar-refractivity contribution is 8.00. The number of urea groups is 1. The Morgan fingerprint density at radius 2 is 1.92 bits per heavy atom. The molecule has 0 bridgehead atoms. The van der Waals surface area contributed by atoms with Gasteiger partial charge in [0.15, 0.2) is 0 Å². The average molecular weight is 358 g/mol. The molecule has 24 heavy (non-hydrogen) atoms. The second-order valence-electron chi connectivity index (χ2n) is 4.56. The fourth-order valence-electron chi connectivity index (χ4n) is 1.79. The first-order valence-corrected chi connectivity index (χ1v) is 7.84. The van der Waals surface area contributed by atoms with Crippen molar-refractivity contribution in [2.75, 3.05) is 12.3 Å². The number of alkyl halides is 3. The predicted octanol–water partition coefficient (Wildman–Crippen LogP) is 2.59. The summed E-state index contributed by atoms with van der Waals surface area (Å²) in [4.78, 5) is 29.9. The van der Waals surface area contributed by atoms with Crippen molar-refractivity contribution in [3.8, 4) is 0 Å². The zero-order valence-corrected chi connectivity index (χ0v) is 13.3. The molecule has 0 spiro atoms. The molecule has 6 nitrogen and oxygen atoms in total. The number of aromatic nitrogens is 2. The molecule has 10 heteroatoms. The molecule has 2 N–H and O–H groups in total. The minimum absolute atomic E-state index is 0.0268. The lowest BCUT2D eigenvalue weighted by atomic mass is 10.2. The van der Waals surface area contributed by atoms with Gasteiger partial charge in [-0.2, -0.15) is 13.2 Å². The number of rotatable bonds is 4. The number of hydrogen-bond acceptors (Lipinski definition) is 5. The molecule has 0 aliphatic carbocycles. The van der Waals surface area contributed by atoms with Gasteiger partial charge in [-0.15, -0.1) is 0 Å². The third kappa shape index (κ3) is 4.57. The molecule has 0 aliphatic rings. The number of amides is 3. The summed E-state index contributed by atoms with van der Waals surface area (Å²) in [6, 6.07) is 5.54. The SMILES string of the molecule is CCNC(=O)NC(=O)CSc1nc(C(F)(F)F)nc2ccccc12. The highest BCUT2D eigenvalue weighted by Crippen LogP contribution is 2.31. The van der Waals surface area contributed by atoms with E-state index in [1.807, 2.05) is 0 Å². The standard InChI is InChI=1S/C14H13F3N4O2S/c1-2-18-13(23)20-10(22)7-24-11-8-5-3-4-6-9(8)19-12(21-11)14(15,16)17/h3-6H,2,7H2,1H3,(H2,18,20,22,23). The van der Waals surface area contributed by atoms with E-state index < -0.39 is 23.9 Å². The second-order valence-corrected chi connectivity index (χ2v) is 5.53. The van der Waals surface area contributed by atoms with Crippen LogP contribution in [-0.2, 0) is 11.0 Å². The number of thioether (sulfide) groups is 1. The van der Waals surface area contributed by atoms with Gasteiger partial charge in [0.2, 0.25) is 11.7 Å². The fourth-order valence-corrected chi connectivity index (χ4v) is 2.60. The molecule has 0 radical (unpaired) electrons. The van der Waals surface area contributed by atoms with E-state index in [1.54, 1.807) is 25.1 Å². The van der Waals surface area contributed by atoms with E-state index in [9.17, 15) is 22.8 Å². The summed E-state index contributed by atoms with van der Waals surface area (Å²) in [5.74, 6) is -2.16. The van der Waals surface area contributed by atoms with Crippen molar-refractivity contribution in [2.24, 2.45) is 0 Å². The number of hydrogen-bond donors (Lipinski definition) is 2. The third-order valence-electron chi connectivity index (χ3n) is 2.75. The summed E-state index contributed by atoms with van der Waals surface area (Å²) in [5.41, 5.74) is 0.131. The largest absolute Gasteiger partial charge is 0.451 e. The monoisotopic (exact) mass is 358 g/mol. The third-order valence-corrected chi connectivity index (χ3v) is 3.74. The number of carbonyl (C=O) groups excluding carboxylic acids is 2. The van der Waals surface area contributed by atoms with Crippen LogP contribution in [0.5, 0.6) is 0 Å². The molecule has 1 aromatic heterocycles. The molecule has 0 fully saturated rings. The van der Waals surface area contributed by atoms with E-state index in [0.717, 1.165) is 11.8 Å². The predicted molar refractivity (Wildman–Crippen MR) is 82.5 cm³/mol. The van der Waals surface area contributed by atoms with E-state index in [-0.39, 0.29) is 16.3 Å². The van der Waals surface area contributed by atoms with Gasteiger partial charge < -0.3 is 5.32 Å².